The van der Waals surface area contributed by atoms with Crippen molar-refractivity contribution in [2.45, 2.75) is 33.4 Å². The number of fused-ring (bicyclic) bond motifs is 2. The Morgan fingerprint density at radius 1 is 1.07 bits per heavy atom. The molecule has 0 unspecified atom stereocenters. The molecule has 0 aliphatic carbocycles. The monoisotopic (exact) mass is 632 g/mol. The maximum absolute atomic E-state index is 14.3. The van der Waals surface area contributed by atoms with E-state index in [9.17, 15) is 14.9 Å². The summed E-state index contributed by atoms with van der Waals surface area (Å²) < 4.78 is 20.9. The minimum Gasteiger partial charge on any atom is -0.493 e. The fourth-order valence-corrected chi connectivity index (χ4v) is 6.89. The number of nitriles is 1. The second-order valence-corrected chi connectivity index (χ2v) is 11.7. The standard InChI is InChI=1S/C36H32N4O5S/c1-5-44-30-17-23(15-16-29(30)43-4)33-32(35(42)45-6-2)22(3)38-36-40(33)34(41)31(46-36)18-26-21-39(28-14-10-9-13-27(26)28)20-25-12-8-7-11-24(25)19-37/h7-18,21,33H,5-6,20H2,1-4H3/b31-18+/t33-/m1/s1. The molecule has 0 radical (unpaired) electrons. The Morgan fingerprint density at radius 2 is 1.85 bits per heavy atom. The first-order chi connectivity index (χ1) is 22.4. The zero-order chi connectivity index (χ0) is 32.4. The Bertz CT molecular complexity index is 2230. The average Bonchev–Trinajstić information content (AvgIpc) is 3.56. The molecular weight excluding hydrogens is 600 g/mol. The Hall–Kier alpha value is -5.40. The molecule has 0 saturated carbocycles. The molecule has 3 aromatic carbocycles. The van der Waals surface area contributed by atoms with Crippen LogP contribution in [-0.4, -0.2) is 35.4 Å². The van der Waals surface area contributed by atoms with Crippen LogP contribution in [0.2, 0.25) is 0 Å². The van der Waals surface area contributed by atoms with Crippen LogP contribution in [0.4, 0.5) is 0 Å². The Balaban J connectivity index is 1.53. The van der Waals surface area contributed by atoms with Gasteiger partial charge < -0.3 is 18.8 Å². The van der Waals surface area contributed by atoms with E-state index in [-0.39, 0.29) is 12.2 Å². The van der Waals surface area contributed by atoms with Crippen molar-refractivity contribution in [2.75, 3.05) is 20.3 Å². The molecule has 46 heavy (non-hydrogen) atoms. The zero-order valence-corrected chi connectivity index (χ0v) is 26.8. The van der Waals surface area contributed by atoms with Gasteiger partial charge in [-0.1, -0.05) is 53.8 Å². The normalized spacial score (nSPS) is 14.5. The highest BCUT2D eigenvalue weighted by Crippen LogP contribution is 2.36. The lowest BCUT2D eigenvalue weighted by atomic mass is 9.95. The van der Waals surface area contributed by atoms with E-state index >= 15 is 0 Å². The molecule has 10 heteroatoms. The van der Waals surface area contributed by atoms with E-state index in [1.807, 2.05) is 73.8 Å². The third kappa shape index (κ3) is 5.50. The van der Waals surface area contributed by atoms with Crippen LogP contribution in [0.3, 0.4) is 0 Å². The summed E-state index contributed by atoms with van der Waals surface area (Å²) in [6.45, 7) is 6.48. The number of rotatable bonds is 9. The molecule has 9 nitrogen and oxygen atoms in total. The zero-order valence-electron chi connectivity index (χ0n) is 25.9. The molecule has 3 heterocycles. The number of benzene rings is 3. The van der Waals surface area contributed by atoms with Crippen LogP contribution in [0, 0.1) is 11.3 Å². The van der Waals surface area contributed by atoms with E-state index in [0.29, 0.717) is 56.4 Å². The molecule has 232 valence electrons. The summed E-state index contributed by atoms with van der Waals surface area (Å²) in [5.41, 5.74) is 4.54. The lowest BCUT2D eigenvalue weighted by Crippen LogP contribution is -2.40. The summed E-state index contributed by atoms with van der Waals surface area (Å²) in [6.07, 6.45) is 3.88. The van der Waals surface area contributed by atoms with Gasteiger partial charge >= 0.3 is 5.97 Å². The van der Waals surface area contributed by atoms with Gasteiger partial charge in [-0.3, -0.25) is 9.36 Å². The number of carbonyl (C=O) groups is 1. The molecule has 0 N–H and O–H groups in total. The number of aromatic nitrogens is 2. The van der Waals surface area contributed by atoms with Gasteiger partial charge in [0.1, 0.15) is 0 Å². The van der Waals surface area contributed by atoms with Crippen molar-refractivity contribution < 1.29 is 19.0 Å². The van der Waals surface area contributed by atoms with Crippen molar-refractivity contribution in [3.05, 3.63) is 126 Å². The van der Waals surface area contributed by atoms with Crippen molar-refractivity contribution in [3.63, 3.8) is 0 Å². The van der Waals surface area contributed by atoms with E-state index in [2.05, 4.69) is 10.6 Å². The summed E-state index contributed by atoms with van der Waals surface area (Å²) in [5, 5.41) is 10.6. The number of methoxy groups -OCH3 is 1. The van der Waals surface area contributed by atoms with Gasteiger partial charge in [0.2, 0.25) is 0 Å². The predicted octanol–water partition coefficient (Wildman–Crippen LogP) is 5.08. The van der Waals surface area contributed by atoms with Crippen LogP contribution in [0.5, 0.6) is 11.5 Å². The summed E-state index contributed by atoms with van der Waals surface area (Å²) in [6, 6.07) is 22.4. The predicted molar refractivity (Wildman–Crippen MR) is 177 cm³/mol. The van der Waals surface area contributed by atoms with Crippen LogP contribution in [0.15, 0.2) is 94.0 Å². The van der Waals surface area contributed by atoms with Crippen molar-refractivity contribution in [1.82, 2.24) is 9.13 Å². The third-order valence-corrected chi connectivity index (χ3v) is 8.89. The quantitative estimate of drug-likeness (QED) is 0.210. The molecule has 0 amide bonds. The molecule has 1 atom stereocenters. The second kappa shape index (κ2) is 12.9. The number of carbonyl (C=O) groups excluding carboxylic acids is 1. The molecule has 2 aromatic heterocycles. The van der Waals surface area contributed by atoms with E-state index in [1.54, 1.807) is 37.7 Å². The van der Waals surface area contributed by atoms with Gasteiger partial charge in [0.25, 0.3) is 5.56 Å². The SMILES string of the molecule is CCOC(=O)C1=C(C)N=c2s/c(=C/c3cn(Cc4ccccc4C#N)c4ccccc34)c(=O)n2[C@@H]1c1ccc(OC)c(OCC)c1. The van der Waals surface area contributed by atoms with Gasteiger partial charge in [-0.15, -0.1) is 0 Å². The first-order valence-corrected chi connectivity index (χ1v) is 15.8. The Kier molecular flexibility index (Phi) is 8.59. The number of hydrogen-bond acceptors (Lipinski definition) is 8. The smallest absolute Gasteiger partial charge is 0.338 e. The number of hydrogen-bond donors (Lipinski definition) is 0. The fourth-order valence-electron chi connectivity index (χ4n) is 5.85. The number of ether oxygens (including phenoxy) is 3. The maximum Gasteiger partial charge on any atom is 0.338 e. The number of esters is 1. The largest absolute Gasteiger partial charge is 0.493 e. The van der Waals surface area contributed by atoms with Gasteiger partial charge in [-0.25, -0.2) is 9.79 Å². The Labute approximate surface area is 269 Å². The highest BCUT2D eigenvalue weighted by atomic mass is 32.1. The highest BCUT2D eigenvalue weighted by molar-refractivity contribution is 7.07. The van der Waals surface area contributed by atoms with Crippen molar-refractivity contribution >= 4 is 34.3 Å². The summed E-state index contributed by atoms with van der Waals surface area (Å²) in [5.74, 6) is 0.524. The molecule has 1 aliphatic rings. The van der Waals surface area contributed by atoms with Crippen LogP contribution in [0.25, 0.3) is 17.0 Å². The first-order valence-electron chi connectivity index (χ1n) is 14.9. The molecule has 0 saturated heterocycles. The van der Waals surface area contributed by atoms with E-state index < -0.39 is 12.0 Å². The van der Waals surface area contributed by atoms with Crippen LogP contribution in [0.1, 0.15) is 49.1 Å². The van der Waals surface area contributed by atoms with Crippen LogP contribution in [-0.2, 0) is 16.1 Å². The molecule has 5 aromatic rings. The van der Waals surface area contributed by atoms with Gasteiger partial charge in [-0.05, 0) is 62.2 Å². The van der Waals surface area contributed by atoms with Crippen molar-refractivity contribution in [1.29, 1.82) is 5.26 Å². The molecule has 0 spiro atoms. The maximum atomic E-state index is 14.3. The van der Waals surface area contributed by atoms with Gasteiger partial charge in [0.15, 0.2) is 16.3 Å². The molecule has 6 rings (SSSR count). The van der Waals surface area contributed by atoms with E-state index in [0.717, 1.165) is 22.0 Å². The molecule has 0 fully saturated rings. The minimum absolute atomic E-state index is 0.183. The van der Waals surface area contributed by atoms with Gasteiger partial charge in [0.05, 0.1) is 53.8 Å². The topological polar surface area (TPSA) is 108 Å². The van der Waals surface area contributed by atoms with Crippen molar-refractivity contribution in [2.24, 2.45) is 4.99 Å². The second-order valence-electron chi connectivity index (χ2n) is 10.6. The number of para-hydroxylation sites is 1. The number of thiazole rings is 1. The fraction of sp³-hybridized carbons (Fsp3) is 0.222. The average molecular weight is 633 g/mol. The summed E-state index contributed by atoms with van der Waals surface area (Å²) >= 11 is 1.27. The number of allylic oxidation sites excluding steroid dienone is 1. The lowest BCUT2D eigenvalue weighted by Gasteiger charge is -2.25. The summed E-state index contributed by atoms with van der Waals surface area (Å²) in [4.78, 5) is 32.8. The van der Waals surface area contributed by atoms with Gasteiger partial charge in [0, 0.05) is 29.2 Å². The minimum atomic E-state index is -0.786. The molecular formula is C36H32N4O5S. The van der Waals surface area contributed by atoms with Crippen LogP contribution < -0.4 is 24.4 Å². The van der Waals surface area contributed by atoms with E-state index in [4.69, 9.17) is 19.2 Å². The number of nitrogens with zero attached hydrogens (tertiary/aromatic N) is 4. The highest BCUT2D eigenvalue weighted by Gasteiger charge is 2.34. The molecule has 0 bridgehead atoms. The van der Waals surface area contributed by atoms with Crippen molar-refractivity contribution in [3.8, 4) is 17.6 Å². The Morgan fingerprint density at radius 3 is 2.61 bits per heavy atom. The van der Waals surface area contributed by atoms with Gasteiger partial charge in [-0.2, -0.15) is 5.26 Å². The van der Waals surface area contributed by atoms with E-state index in [1.165, 1.54) is 11.3 Å². The third-order valence-electron chi connectivity index (χ3n) is 7.90. The molecule has 1 aliphatic heterocycles. The first kappa shape index (κ1) is 30.6. The summed E-state index contributed by atoms with van der Waals surface area (Å²) in [7, 11) is 1.56. The lowest BCUT2D eigenvalue weighted by molar-refractivity contribution is -0.139. The van der Waals surface area contributed by atoms with Crippen LogP contribution >= 0.6 is 11.3 Å².